The topological polar surface area (TPSA) is 111 Å². The van der Waals surface area contributed by atoms with Crippen LogP contribution in [0.4, 0.5) is 17.8 Å². The van der Waals surface area contributed by atoms with Gasteiger partial charge in [-0.1, -0.05) is 78.6 Å². The number of hydrogen-bond donors (Lipinski definition) is 6. The number of unbranched alkanes of at least 4 members (excludes halogenated alkanes) is 9. The lowest BCUT2D eigenvalue weighted by Crippen LogP contribution is -2.29. The Labute approximate surface area is 183 Å². The number of aromatic nitrogens is 3. The van der Waals surface area contributed by atoms with Crippen LogP contribution in [0.2, 0.25) is 0 Å². The summed E-state index contributed by atoms with van der Waals surface area (Å²) in [5.74, 6) is 1.48. The lowest BCUT2D eigenvalue weighted by molar-refractivity contribution is 0.623. The first-order chi connectivity index (χ1) is 14.8. The van der Waals surface area contributed by atoms with Crippen LogP contribution in [0.1, 0.15) is 97.8 Å². The van der Waals surface area contributed by atoms with Gasteiger partial charge in [-0.3, -0.25) is 16.3 Å². The Morgan fingerprint density at radius 1 is 0.433 bits per heavy atom. The van der Waals surface area contributed by atoms with Gasteiger partial charge in [0.1, 0.15) is 0 Å². The van der Waals surface area contributed by atoms with Gasteiger partial charge in [-0.05, 0) is 19.3 Å². The minimum absolute atomic E-state index is 0.492. The molecule has 1 heterocycles. The number of rotatable bonds is 21. The van der Waals surface area contributed by atoms with Crippen molar-refractivity contribution in [3.05, 3.63) is 0 Å². The van der Waals surface area contributed by atoms with Gasteiger partial charge in [0.25, 0.3) is 0 Å². The molecule has 0 saturated heterocycles. The van der Waals surface area contributed by atoms with Gasteiger partial charge in [-0.25, -0.2) is 16.3 Å². The van der Waals surface area contributed by atoms with Crippen molar-refractivity contribution >= 4 is 17.8 Å². The molecule has 0 aliphatic carbocycles. The fourth-order valence-electron chi connectivity index (χ4n) is 2.89. The summed E-state index contributed by atoms with van der Waals surface area (Å²) in [5.41, 5.74) is 18.9. The molecule has 30 heavy (non-hydrogen) atoms. The molecule has 0 radical (unpaired) electrons. The second-order valence-electron chi connectivity index (χ2n) is 7.64. The van der Waals surface area contributed by atoms with Crippen LogP contribution in [0.5, 0.6) is 0 Å². The Morgan fingerprint density at radius 2 is 0.733 bits per heavy atom. The number of hydrazine groups is 3. The Balaban J connectivity index is 2.47. The molecule has 0 fully saturated rings. The van der Waals surface area contributed by atoms with Crippen LogP contribution in [0.15, 0.2) is 0 Å². The number of nitrogens with one attached hydrogen (secondary N) is 6. The first kappa shape index (κ1) is 26.3. The Hall–Kier alpha value is -1.71. The third-order valence-electron chi connectivity index (χ3n) is 4.70. The zero-order valence-corrected chi connectivity index (χ0v) is 19.4. The second kappa shape index (κ2) is 19.3. The Bertz CT molecular complexity index is 429. The Morgan fingerprint density at radius 3 is 1.00 bits per heavy atom. The zero-order valence-electron chi connectivity index (χ0n) is 19.4. The monoisotopic (exact) mass is 423 g/mol. The highest BCUT2D eigenvalue weighted by atomic mass is 15.5. The molecule has 1 aromatic heterocycles. The Kier molecular flexibility index (Phi) is 16.9. The van der Waals surface area contributed by atoms with E-state index in [0.717, 1.165) is 38.9 Å². The highest BCUT2D eigenvalue weighted by Crippen LogP contribution is 2.08. The molecule has 0 aliphatic heterocycles. The zero-order chi connectivity index (χ0) is 21.7. The van der Waals surface area contributed by atoms with Gasteiger partial charge in [0.2, 0.25) is 17.8 Å². The van der Waals surface area contributed by atoms with Crippen molar-refractivity contribution in [3.63, 3.8) is 0 Å². The summed E-state index contributed by atoms with van der Waals surface area (Å²) >= 11 is 0. The molecule has 1 rings (SSSR count). The number of nitrogens with zero attached hydrogens (tertiary/aromatic N) is 3. The third kappa shape index (κ3) is 14.3. The lowest BCUT2D eigenvalue weighted by Gasteiger charge is -2.13. The molecule has 0 unspecified atom stereocenters. The molecule has 0 aromatic carbocycles. The molecule has 174 valence electrons. The maximum absolute atomic E-state index is 4.43. The van der Waals surface area contributed by atoms with E-state index >= 15 is 0 Å². The van der Waals surface area contributed by atoms with E-state index in [0.29, 0.717) is 17.8 Å². The summed E-state index contributed by atoms with van der Waals surface area (Å²) < 4.78 is 0. The summed E-state index contributed by atoms with van der Waals surface area (Å²) in [4.78, 5) is 13.3. The summed E-state index contributed by atoms with van der Waals surface area (Å²) in [6.45, 7) is 9.29. The molecule has 0 bridgehead atoms. The first-order valence-corrected chi connectivity index (χ1v) is 12.0. The average molecular weight is 424 g/mol. The minimum atomic E-state index is 0.492. The molecule has 9 nitrogen and oxygen atoms in total. The summed E-state index contributed by atoms with van der Waals surface area (Å²) in [6, 6.07) is 0. The van der Waals surface area contributed by atoms with Gasteiger partial charge in [0.05, 0.1) is 0 Å². The molecular formula is C21H45N9. The molecular weight excluding hydrogens is 378 g/mol. The maximum atomic E-state index is 4.43. The van der Waals surface area contributed by atoms with Gasteiger partial charge < -0.3 is 0 Å². The molecule has 0 saturated carbocycles. The van der Waals surface area contributed by atoms with E-state index in [1.54, 1.807) is 0 Å². The molecule has 0 atom stereocenters. The van der Waals surface area contributed by atoms with Crippen molar-refractivity contribution in [2.45, 2.75) is 97.8 Å². The highest BCUT2D eigenvalue weighted by Gasteiger charge is 2.06. The van der Waals surface area contributed by atoms with Crippen LogP contribution in [0, 0.1) is 0 Å². The molecule has 6 N–H and O–H groups in total. The fraction of sp³-hybridized carbons (Fsp3) is 0.857. The van der Waals surface area contributed by atoms with Crippen LogP contribution in [0.25, 0.3) is 0 Å². The van der Waals surface area contributed by atoms with E-state index in [-0.39, 0.29) is 0 Å². The van der Waals surface area contributed by atoms with Crippen LogP contribution in [-0.2, 0) is 0 Å². The van der Waals surface area contributed by atoms with E-state index in [1.807, 2.05) is 0 Å². The van der Waals surface area contributed by atoms with Gasteiger partial charge in [0.15, 0.2) is 0 Å². The molecule has 0 amide bonds. The largest absolute Gasteiger partial charge is 0.289 e. The van der Waals surface area contributed by atoms with Crippen molar-refractivity contribution in [3.8, 4) is 0 Å². The van der Waals surface area contributed by atoms with Gasteiger partial charge in [0, 0.05) is 19.6 Å². The van der Waals surface area contributed by atoms with Crippen LogP contribution in [0.3, 0.4) is 0 Å². The maximum Gasteiger partial charge on any atom is 0.244 e. The number of hydrogen-bond acceptors (Lipinski definition) is 9. The van der Waals surface area contributed by atoms with Crippen molar-refractivity contribution in [2.24, 2.45) is 0 Å². The van der Waals surface area contributed by atoms with E-state index in [1.165, 1.54) is 57.8 Å². The van der Waals surface area contributed by atoms with Crippen molar-refractivity contribution in [1.29, 1.82) is 0 Å². The van der Waals surface area contributed by atoms with Crippen molar-refractivity contribution in [2.75, 3.05) is 35.9 Å². The van der Waals surface area contributed by atoms with Crippen LogP contribution < -0.4 is 32.6 Å². The molecule has 0 spiro atoms. The lowest BCUT2D eigenvalue weighted by atomic mass is 10.2. The molecule has 0 aliphatic rings. The fourth-order valence-corrected chi connectivity index (χ4v) is 2.89. The third-order valence-corrected chi connectivity index (χ3v) is 4.70. The second-order valence-corrected chi connectivity index (χ2v) is 7.64. The SMILES string of the molecule is CCCCCCNNc1nc(NNCCCCCC)nc(NNCCCCCC)n1. The van der Waals surface area contributed by atoms with E-state index in [4.69, 9.17) is 0 Å². The van der Waals surface area contributed by atoms with E-state index < -0.39 is 0 Å². The van der Waals surface area contributed by atoms with E-state index in [9.17, 15) is 0 Å². The van der Waals surface area contributed by atoms with Crippen LogP contribution >= 0.6 is 0 Å². The summed E-state index contributed by atoms with van der Waals surface area (Å²) in [6.07, 6.45) is 14.6. The minimum Gasteiger partial charge on any atom is -0.289 e. The predicted octanol–water partition coefficient (Wildman–Crippen LogP) is 4.36. The predicted molar refractivity (Wildman–Crippen MR) is 127 cm³/mol. The van der Waals surface area contributed by atoms with Gasteiger partial charge >= 0.3 is 0 Å². The average Bonchev–Trinajstić information content (AvgIpc) is 2.75. The quantitative estimate of drug-likeness (QED) is 0.127. The molecule has 9 heteroatoms. The van der Waals surface area contributed by atoms with Crippen molar-refractivity contribution < 1.29 is 0 Å². The first-order valence-electron chi connectivity index (χ1n) is 12.0. The summed E-state index contributed by atoms with van der Waals surface area (Å²) in [7, 11) is 0. The van der Waals surface area contributed by atoms with E-state index in [2.05, 4.69) is 68.3 Å². The summed E-state index contributed by atoms with van der Waals surface area (Å²) in [5, 5.41) is 0. The normalized spacial score (nSPS) is 10.9. The van der Waals surface area contributed by atoms with Gasteiger partial charge in [-0.15, -0.1) is 0 Å². The highest BCUT2D eigenvalue weighted by molar-refractivity contribution is 5.40. The number of anilines is 3. The molecule has 1 aromatic rings. The van der Waals surface area contributed by atoms with Gasteiger partial charge in [-0.2, -0.15) is 15.0 Å². The van der Waals surface area contributed by atoms with Crippen molar-refractivity contribution in [1.82, 2.24) is 31.2 Å². The standard InChI is InChI=1S/C21H45N9/c1-4-7-10-13-16-22-28-19-25-20(29-23-17-14-11-8-5-2)27-21(26-19)30-24-18-15-12-9-6-3/h22-24H,4-18H2,1-3H3,(H3,25,26,27,28,29,30). The smallest absolute Gasteiger partial charge is 0.244 e. The van der Waals surface area contributed by atoms with Crippen LogP contribution in [-0.4, -0.2) is 34.6 Å².